The molecule has 1 heterocycles. The number of benzene rings is 1. The smallest absolute Gasteiger partial charge is 0.121 e. The van der Waals surface area contributed by atoms with Crippen molar-refractivity contribution in [2.45, 2.75) is 18.4 Å². The Balaban J connectivity index is 2.06. The van der Waals surface area contributed by atoms with Crippen LogP contribution in [-0.4, -0.2) is 16.9 Å². The highest BCUT2D eigenvalue weighted by Gasteiger charge is 2.42. The zero-order valence-electron chi connectivity index (χ0n) is 9.76. The molecule has 0 unspecified atom stereocenters. The van der Waals surface area contributed by atoms with Crippen molar-refractivity contribution in [3.05, 3.63) is 42.2 Å². The second-order valence-electron chi connectivity index (χ2n) is 4.49. The summed E-state index contributed by atoms with van der Waals surface area (Å²) in [5, 5.41) is 4.35. The molecule has 1 aliphatic rings. The molecule has 0 atom stereocenters. The number of aromatic nitrogens is 2. The van der Waals surface area contributed by atoms with Crippen molar-refractivity contribution >= 4 is 0 Å². The van der Waals surface area contributed by atoms with Gasteiger partial charge in [-0.05, 0) is 31.0 Å². The molecule has 0 radical (unpaired) electrons. The molecule has 1 fully saturated rings. The first-order valence-corrected chi connectivity index (χ1v) is 5.71. The molecule has 4 nitrogen and oxygen atoms in total. The third-order valence-electron chi connectivity index (χ3n) is 3.24. The molecule has 0 amide bonds. The number of nitrogens with two attached hydrogens (primary N) is 1. The van der Waals surface area contributed by atoms with Gasteiger partial charge in [0.2, 0.25) is 0 Å². The summed E-state index contributed by atoms with van der Waals surface area (Å²) in [6.45, 7) is 0. The lowest BCUT2D eigenvalue weighted by atomic mass is 10.2. The average molecular weight is 229 g/mol. The van der Waals surface area contributed by atoms with E-state index in [9.17, 15) is 0 Å². The summed E-state index contributed by atoms with van der Waals surface area (Å²) in [7, 11) is 1.66. The van der Waals surface area contributed by atoms with Gasteiger partial charge in [-0.25, -0.2) is 4.68 Å². The Kier molecular flexibility index (Phi) is 2.19. The Morgan fingerprint density at radius 1 is 1.35 bits per heavy atom. The van der Waals surface area contributed by atoms with Crippen LogP contribution < -0.4 is 10.5 Å². The van der Waals surface area contributed by atoms with Gasteiger partial charge in [0.05, 0.1) is 24.0 Å². The average Bonchev–Trinajstić information content (AvgIpc) is 2.94. The summed E-state index contributed by atoms with van der Waals surface area (Å²) in [6, 6.07) is 9.83. The van der Waals surface area contributed by atoms with Crippen molar-refractivity contribution in [2.75, 3.05) is 7.11 Å². The van der Waals surface area contributed by atoms with Crippen LogP contribution in [0.4, 0.5) is 0 Å². The minimum Gasteiger partial charge on any atom is -0.497 e. The summed E-state index contributed by atoms with van der Waals surface area (Å²) in [6.07, 6.45) is 3.85. The van der Waals surface area contributed by atoms with Crippen LogP contribution in [0.3, 0.4) is 0 Å². The fourth-order valence-corrected chi connectivity index (χ4v) is 2.02. The van der Waals surface area contributed by atoms with E-state index in [0.717, 1.165) is 30.0 Å². The van der Waals surface area contributed by atoms with E-state index in [0.29, 0.717) is 0 Å². The molecule has 3 rings (SSSR count). The van der Waals surface area contributed by atoms with Crippen molar-refractivity contribution in [3.8, 4) is 11.4 Å². The van der Waals surface area contributed by atoms with Crippen LogP contribution in [0.2, 0.25) is 0 Å². The predicted octanol–water partition coefficient (Wildman–Crippen LogP) is 1.83. The van der Waals surface area contributed by atoms with E-state index in [-0.39, 0.29) is 5.54 Å². The predicted molar refractivity (Wildman–Crippen MR) is 65.2 cm³/mol. The minimum atomic E-state index is -0.181. The van der Waals surface area contributed by atoms with E-state index in [4.69, 9.17) is 10.5 Å². The zero-order chi connectivity index (χ0) is 11.9. The molecular weight excluding hydrogens is 214 g/mol. The largest absolute Gasteiger partial charge is 0.497 e. The molecule has 0 saturated heterocycles. The van der Waals surface area contributed by atoms with Gasteiger partial charge >= 0.3 is 0 Å². The van der Waals surface area contributed by atoms with Crippen molar-refractivity contribution in [1.29, 1.82) is 0 Å². The van der Waals surface area contributed by atoms with E-state index in [2.05, 4.69) is 5.10 Å². The van der Waals surface area contributed by atoms with E-state index in [1.165, 1.54) is 0 Å². The van der Waals surface area contributed by atoms with Gasteiger partial charge in [0.15, 0.2) is 0 Å². The lowest BCUT2D eigenvalue weighted by Gasteiger charge is -2.13. The molecule has 1 aromatic carbocycles. The minimum absolute atomic E-state index is 0.181. The third-order valence-corrected chi connectivity index (χ3v) is 3.24. The second-order valence-corrected chi connectivity index (χ2v) is 4.49. The van der Waals surface area contributed by atoms with Crippen LogP contribution in [0.15, 0.2) is 36.5 Å². The highest BCUT2D eigenvalue weighted by molar-refractivity contribution is 5.41. The highest BCUT2D eigenvalue weighted by Crippen LogP contribution is 2.43. The van der Waals surface area contributed by atoms with Crippen molar-refractivity contribution in [3.63, 3.8) is 0 Å². The number of rotatable bonds is 3. The molecule has 2 aromatic rings. The summed E-state index contributed by atoms with van der Waals surface area (Å²) >= 11 is 0. The van der Waals surface area contributed by atoms with Gasteiger partial charge in [-0.3, -0.25) is 0 Å². The molecule has 1 aromatic heterocycles. The summed E-state index contributed by atoms with van der Waals surface area (Å²) in [4.78, 5) is 0. The topological polar surface area (TPSA) is 53.1 Å². The molecule has 88 valence electrons. The SMILES string of the molecule is COc1cccc(-n2nccc2C2(N)CC2)c1. The molecule has 4 heteroatoms. The first-order valence-electron chi connectivity index (χ1n) is 5.71. The maximum absolute atomic E-state index is 6.23. The Morgan fingerprint density at radius 2 is 2.18 bits per heavy atom. The first kappa shape index (κ1) is 10.4. The number of hydrogen-bond acceptors (Lipinski definition) is 3. The van der Waals surface area contributed by atoms with Gasteiger partial charge < -0.3 is 10.5 Å². The molecule has 2 N–H and O–H groups in total. The lowest BCUT2D eigenvalue weighted by Crippen LogP contribution is -2.22. The molecule has 0 spiro atoms. The number of nitrogens with zero attached hydrogens (tertiary/aromatic N) is 2. The maximum atomic E-state index is 6.23. The Hall–Kier alpha value is -1.81. The Morgan fingerprint density at radius 3 is 2.88 bits per heavy atom. The van der Waals surface area contributed by atoms with Crippen molar-refractivity contribution < 1.29 is 4.74 Å². The fraction of sp³-hybridized carbons (Fsp3) is 0.308. The normalized spacial score (nSPS) is 16.8. The van der Waals surface area contributed by atoms with E-state index in [1.54, 1.807) is 13.3 Å². The summed E-state index contributed by atoms with van der Waals surface area (Å²) in [5.74, 6) is 0.825. The quantitative estimate of drug-likeness (QED) is 0.873. The van der Waals surface area contributed by atoms with Crippen molar-refractivity contribution in [1.82, 2.24) is 9.78 Å². The second kappa shape index (κ2) is 3.60. The number of hydrogen-bond donors (Lipinski definition) is 1. The van der Waals surface area contributed by atoms with Crippen LogP contribution in [-0.2, 0) is 5.54 Å². The highest BCUT2D eigenvalue weighted by atomic mass is 16.5. The van der Waals surface area contributed by atoms with Gasteiger partial charge in [0, 0.05) is 12.3 Å². The maximum Gasteiger partial charge on any atom is 0.121 e. The molecule has 0 bridgehead atoms. The van der Waals surface area contributed by atoms with E-state index < -0.39 is 0 Å². The van der Waals surface area contributed by atoms with Crippen LogP contribution in [0, 0.1) is 0 Å². The van der Waals surface area contributed by atoms with Crippen LogP contribution in [0.5, 0.6) is 5.75 Å². The van der Waals surface area contributed by atoms with Crippen molar-refractivity contribution in [2.24, 2.45) is 5.73 Å². The lowest BCUT2D eigenvalue weighted by molar-refractivity contribution is 0.414. The van der Waals surface area contributed by atoms with Crippen LogP contribution in [0.1, 0.15) is 18.5 Å². The summed E-state index contributed by atoms with van der Waals surface area (Å²) in [5.41, 5.74) is 8.11. The van der Waals surface area contributed by atoms with E-state index >= 15 is 0 Å². The third kappa shape index (κ3) is 1.70. The Labute approximate surface area is 100 Å². The van der Waals surface area contributed by atoms with Crippen LogP contribution in [0.25, 0.3) is 5.69 Å². The molecule has 1 saturated carbocycles. The van der Waals surface area contributed by atoms with Crippen LogP contribution >= 0.6 is 0 Å². The molecule has 17 heavy (non-hydrogen) atoms. The Bertz CT molecular complexity index is 543. The zero-order valence-corrected chi connectivity index (χ0v) is 9.76. The van der Waals surface area contributed by atoms with Gasteiger partial charge in [-0.15, -0.1) is 0 Å². The van der Waals surface area contributed by atoms with E-state index in [1.807, 2.05) is 35.0 Å². The fourth-order valence-electron chi connectivity index (χ4n) is 2.02. The van der Waals surface area contributed by atoms with Gasteiger partial charge in [-0.2, -0.15) is 5.10 Å². The first-order chi connectivity index (χ1) is 8.23. The number of ether oxygens (including phenoxy) is 1. The van der Waals surface area contributed by atoms with Gasteiger partial charge in [-0.1, -0.05) is 6.07 Å². The van der Waals surface area contributed by atoms with Gasteiger partial charge in [0.1, 0.15) is 5.75 Å². The molecule has 0 aliphatic heterocycles. The van der Waals surface area contributed by atoms with Gasteiger partial charge in [0.25, 0.3) is 0 Å². The monoisotopic (exact) mass is 229 g/mol. The number of methoxy groups -OCH3 is 1. The summed E-state index contributed by atoms with van der Waals surface area (Å²) < 4.78 is 7.12. The standard InChI is InChI=1S/C13H15N3O/c1-17-11-4-2-3-10(9-11)16-12(5-8-15-16)13(14)6-7-13/h2-5,8-9H,6-7,14H2,1H3. The molecular formula is C13H15N3O. The molecule has 1 aliphatic carbocycles.